The summed E-state index contributed by atoms with van der Waals surface area (Å²) >= 11 is 0. The maximum absolute atomic E-state index is 5.24. The number of hydrogen-bond acceptors (Lipinski definition) is 4. The summed E-state index contributed by atoms with van der Waals surface area (Å²) in [6, 6.07) is 2.01. The Bertz CT molecular complexity index is 283. The maximum atomic E-state index is 5.24. The van der Waals surface area contributed by atoms with Crippen molar-refractivity contribution in [3.05, 3.63) is 17.5 Å². The lowest BCUT2D eigenvalue weighted by Crippen LogP contribution is -2.22. The largest absolute Gasteiger partial charge is 0.360 e. The van der Waals surface area contributed by atoms with Crippen LogP contribution in [0.4, 0.5) is 0 Å². The van der Waals surface area contributed by atoms with Crippen molar-refractivity contribution in [2.45, 2.75) is 26.9 Å². The van der Waals surface area contributed by atoms with Crippen LogP contribution in [-0.2, 0) is 13.1 Å². The van der Waals surface area contributed by atoms with E-state index in [1.807, 2.05) is 13.1 Å². The van der Waals surface area contributed by atoms with E-state index in [1.165, 1.54) is 0 Å². The van der Waals surface area contributed by atoms with Gasteiger partial charge >= 0.3 is 0 Å². The summed E-state index contributed by atoms with van der Waals surface area (Å²) in [7, 11) is 4.00. The van der Waals surface area contributed by atoms with Gasteiger partial charge in [0.15, 0.2) is 5.76 Å². The van der Waals surface area contributed by atoms with E-state index in [0.29, 0.717) is 5.92 Å². The fraction of sp³-hybridized carbons (Fsp3) is 0.727. The van der Waals surface area contributed by atoms with Gasteiger partial charge in [0, 0.05) is 19.2 Å². The first-order valence-electron chi connectivity index (χ1n) is 5.39. The second kappa shape index (κ2) is 5.88. The van der Waals surface area contributed by atoms with Crippen molar-refractivity contribution in [1.29, 1.82) is 0 Å². The predicted molar refractivity (Wildman–Crippen MR) is 60.4 cm³/mol. The number of hydrogen-bond donors (Lipinski definition) is 1. The molecule has 1 N–H and O–H groups in total. The second-order valence-corrected chi connectivity index (χ2v) is 4.41. The monoisotopic (exact) mass is 211 g/mol. The molecule has 0 fully saturated rings. The summed E-state index contributed by atoms with van der Waals surface area (Å²) < 4.78 is 5.24. The minimum absolute atomic E-state index is 0.676. The summed E-state index contributed by atoms with van der Waals surface area (Å²) in [6.07, 6.45) is 0. The molecule has 0 aromatic carbocycles. The maximum Gasteiger partial charge on any atom is 0.151 e. The normalized spacial score (nSPS) is 11.6. The van der Waals surface area contributed by atoms with Crippen LogP contribution < -0.4 is 5.32 Å². The Labute approximate surface area is 91.6 Å². The molecule has 86 valence electrons. The topological polar surface area (TPSA) is 41.3 Å². The van der Waals surface area contributed by atoms with Crippen LogP contribution in [0.1, 0.15) is 25.3 Å². The van der Waals surface area contributed by atoms with Crippen LogP contribution >= 0.6 is 0 Å². The van der Waals surface area contributed by atoms with Crippen LogP contribution in [0.5, 0.6) is 0 Å². The highest BCUT2D eigenvalue weighted by atomic mass is 16.5. The van der Waals surface area contributed by atoms with Crippen molar-refractivity contribution in [2.75, 3.05) is 20.6 Å². The SMILES string of the molecule is CNCc1cc(CN(C)CC(C)C)on1. The van der Waals surface area contributed by atoms with Crippen LogP contribution in [0.2, 0.25) is 0 Å². The van der Waals surface area contributed by atoms with Crippen LogP contribution in [0.25, 0.3) is 0 Å². The number of rotatable bonds is 6. The quantitative estimate of drug-likeness (QED) is 0.774. The first-order chi connectivity index (χ1) is 7.11. The molecule has 0 amide bonds. The molecule has 4 nitrogen and oxygen atoms in total. The number of aromatic nitrogens is 1. The molecule has 1 aromatic rings. The second-order valence-electron chi connectivity index (χ2n) is 4.41. The highest BCUT2D eigenvalue weighted by Crippen LogP contribution is 2.07. The molecule has 0 saturated heterocycles. The fourth-order valence-electron chi connectivity index (χ4n) is 1.65. The van der Waals surface area contributed by atoms with E-state index in [0.717, 1.165) is 31.1 Å². The minimum Gasteiger partial charge on any atom is -0.360 e. The van der Waals surface area contributed by atoms with Crippen LogP contribution in [0.3, 0.4) is 0 Å². The van der Waals surface area contributed by atoms with Gasteiger partial charge in [-0.2, -0.15) is 0 Å². The smallest absolute Gasteiger partial charge is 0.151 e. The van der Waals surface area contributed by atoms with E-state index in [1.54, 1.807) is 0 Å². The molecule has 0 saturated carbocycles. The Morgan fingerprint density at radius 1 is 1.53 bits per heavy atom. The van der Waals surface area contributed by atoms with Crippen molar-refractivity contribution < 1.29 is 4.52 Å². The van der Waals surface area contributed by atoms with Crippen molar-refractivity contribution >= 4 is 0 Å². The lowest BCUT2D eigenvalue weighted by Gasteiger charge is -2.16. The summed E-state index contributed by atoms with van der Waals surface area (Å²) in [5, 5.41) is 7.02. The molecule has 0 bridgehead atoms. The first-order valence-corrected chi connectivity index (χ1v) is 5.39. The van der Waals surface area contributed by atoms with Crippen LogP contribution in [-0.4, -0.2) is 30.7 Å². The molecule has 1 heterocycles. The molecule has 15 heavy (non-hydrogen) atoms. The van der Waals surface area contributed by atoms with Gasteiger partial charge in [-0.1, -0.05) is 19.0 Å². The third-order valence-electron chi connectivity index (χ3n) is 2.07. The van der Waals surface area contributed by atoms with E-state index in [4.69, 9.17) is 4.52 Å². The zero-order valence-corrected chi connectivity index (χ0v) is 10.1. The Hall–Kier alpha value is -0.870. The van der Waals surface area contributed by atoms with E-state index < -0.39 is 0 Å². The lowest BCUT2D eigenvalue weighted by atomic mass is 10.2. The lowest BCUT2D eigenvalue weighted by molar-refractivity contribution is 0.249. The molecule has 0 radical (unpaired) electrons. The van der Waals surface area contributed by atoms with Crippen molar-refractivity contribution in [1.82, 2.24) is 15.4 Å². The molecule has 0 atom stereocenters. The Morgan fingerprint density at radius 3 is 2.87 bits per heavy atom. The zero-order chi connectivity index (χ0) is 11.3. The molecule has 4 heteroatoms. The molecular formula is C11H21N3O. The van der Waals surface area contributed by atoms with Gasteiger partial charge < -0.3 is 9.84 Å². The molecule has 0 aliphatic heterocycles. The summed E-state index contributed by atoms with van der Waals surface area (Å²) in [5.41, 5.74) is 0.963. The molecule has 1 aromatic heterocycles. The average Bonchev–Trinajstić information content (AvgIpc) is 2.51. The van der Waals surface area contributed by atoms with E-state index in [-0.39, 0.29) is 0 Å². The molecular weight excluding hydrogens is 190 g/mol. The van der Waals surface area contributed by atoms with E-state index in [9.17, 15) is 0 Å². The van der Waals surface area contributed by atoms with Gasteiger partial charge in [0.2, 0.25) is 0 Å². The Kier molecular flexibility index (Phi) is 4.78. The van der Waals surface area contributed by atoms with Gasteiger partial charge in [0.05, 0.1) is 12.2 Å². The average molecular weight is 211 g/mol. The van der Waals surface area contributed by atoms with Gasteiger partial charge in [-0.05, 0) is 20.0 Å². The standard InChI is InChI=1S/C11H21N3O/c1-9(2)7-14(4)8-11-5-10(6-12-3)13-15-11/h5,9,12H,6-8H2,1-4H3. The predicted octanol–water partition coefficient (Wildman–Crippen LogP) is 1.48. The third-order valence-corrected chi connectivity index (χ3v) is 2.07. The summed E-state index contributed by atoms with van der Waals surface area (Å²) in [4.78, 5) is 2.24. The van der Waals surface area contributed by atoms with Gasteiger partial charge in [-0.3, -0.25) is 4.90 Å². The van der Waals surface area contributed by atoms with Crippen molar-refractivity contribution in [3.8, 4) is 0 Å². The molecule has 0 aliphatic rings. The molecule has 0 unspecified atom stereocenters. The fourth-order valence-corrected chi connectivity index (χ4v) is 1.65. The molecule has 0 spiro atoms. The van der Waals surface area contributed by atoms with E-state index in [2.05, 4.69) is 36.3 Å². The van der Waals surface area contributed by atoms with Crippen LogP contribution in [0, 0.1) is 5.92 Å². The Morgan fingerprint density at radius 2 is 2.27 bits per heavy atom. The van der Waals surface area contributed by atoms with Gasteiger partial charge in [-0.15, -0.1) is 0 Å². The molecule has 0 aliphatic carbocycles. The van der Waals surface area contributed by atoms with Crippen molar-refractivity contribution in [3.63, 3.8) is 0 Å². The summed E-state index contributed by atoms with van der Waals surface area (Å²) in [5.74, 6) is 1.61. The first kappa shape index (κ1) is 12.2. The highest BCUT2D eigenvalue weighted by molar-refractivity contribution is 5.04. The summed E-state index contributed by atoms with van der Waals surface area (Å²) in [6.45, 7) is 7.08. The highest BCUT2D eigenvalue weighted by Gasteiger charge is 2.07. The van der Waals surface area contributed by atoms with Crippen LogP contribution in [0.15, 0.2) is 10.6 Å². The van der Waals surface area contributed by atoms with Crippen molar-refractivity contribution in [2.24, 2.45) is 5.92 Å². The minimum atomic E-state index is 0.676. The zero-order valence-electron chi connectivity index (χ0n) is 10.1. The van der Waals surface area contributed by atoms with Gasteiger partial charge in [0.25, 0.3) is 0 Å². The Balaban J connectivity index is 2.42. The van der Waals surface area contributed by atoms with Gasteiger partial charge in [0.1, 0.15) is 0 Å². The molecule has 1 rings (SSSR count). The number of nitrogens with one attached hydrogen (secondary N) is 1. The van der Waals surface area contributed by atoms with Gasteiger partial charge in [-0.25, -0.2) is 0 Å². The third kappa shape index (κ3) is 4.44. The number of nitrogens with zero attached hydrogens (tertiary/aromatic N) is 2. The van der Waals surface area contributed by atoms with E-state index >= 15 is 0 Å².